The summed E-state index contributed by atoms with van der Waals surface area (Å²) in [5.74, 6) is -2.89. The van der Waals surface area contributed by atoms with Gasteiger partial charge in [-0.1, -0.05) is 12.1 Å². The Kier molecular flexibility index (Phi) is 5.71. The number of rotatable bonds is 7. The lowest BCUT2D eigenvalue weighted by atomic mass is 9.97. The SMILES string of the molecule is COc1cccc(NC(=O)C(C(N)=O)c2ccc(Oc3ccnc4[nH]ccc34)c(F)c2)c1. The highest BCUT2D eigenvalue weighted by molar-refractivity contribution is 6.10. The Morgan fingerprint density at radius 3 is 2.72 bits per heavy atom. The van der Waals surface area contributed by atoms with Gasteiger partial charge in [0.1, 0.15) is 23.1 Å². The minimum absolute atomic E-state index is 0.0705. The highest BCUT2D eigenvalue weighted by atomic mass is 19.1. The van der Waals surface area contributed by atoms with Gasteiger partial charge >= 0.3 is 0 Å². The number of benzene rings is 2. The van der Waals surface area contributed by atoms with Crippen LogP contribution in [0.25, 0.3) is 11.0 Å². The Bertz CT molecular complexity index is 1300. The molecule has 4 aromatic rings. The van der Waals surface area contributed by atoms with Crippen LogP contribution in [0.3, 0.4) is 0 Å². The van der Waals surface area contributed by atoms with E-state index in [-0.39, 0.29) is 11.3 Å². The molecule has 8 nitrogen and oxygen atoms in total. The standard InChI is InChI=1S/C23H19FN4O4/c1-31-15-4-2-3-14(12-15)28-23(30)20(21(25)29)13-5-6-19(17(24)11-13)32-18-8-10-27-22-16(18)7-9-26-22/h2-12,20H,1H3,(H2,25,29)(H,26,27)(H,28,30). The summed E-state index contributed by atoms with van der Waals surface area (Å²) in [6, 6.07) is 13.8. The van der Waals surface area contributed by atoms with E-state index in [4.69, 9.17) is 15.2 Å². The second kappa shape index (κ2) is 8.76. The van der Waals surface area contributed by atoms with Crippen molar-refractivity contribution >= 4 is 28.5 Å². The zero-order valence-corrected chi connectivity index (χ0v) is 17.0. The third kappa shape index (κ3) is 4.22. The fourth-order valence-electron chi connectivity index (χ4n) is 3.28. The quantitative estimate of drug-likeness (QED) is 0.383. The molecule has 0 aliphatic rings. The van der Waals surface area contributed by atoms with Gasteiger partial charge in [0, 0.05) is 24.1 Å². The molecule has 0 radical (unpaired) electrons. The van der Waals surface area contributed by atoms with Crippen LogP contribution in [0.1, 0.15) is 11.5 Å². The molecular weight excluding hydrogens is 415 g/mol. The maximum absolute atomic E-state index is 14.8. The molecule has 0 aliphatic heterocycles. The van der Waals surface area contributed by atoms with Gasteiger partial charge in [-0.05, 0) is 42.0 Å². The van der Waals surface area contributed by atoms with Gasteiger partial charge in [-0.15, -0.1) is 0 Å². The van der Waals surface area contributed by atoms with Crippen molar-refractivity contribution in [3.8, 4) is 17.2 Å². The van der Waals surface area contributed by atoms with Gasteiger partial charge in [-0.3, -0.25) is 9.59 Å². The fraction of sp³-hybridized carbons (Fsp3) is 0.0870. The predicted molar refractivity (Wildman–Crippen MR) is 116 cm³/mol. The zero-order chi connectivity index (χ0) is 22.7. The molecule has 4 N–H and O–H groups in total. The van der Waals surface area contributed by atoms with Crippen molar-refractivity contribution in [3.63, 3.8) is 0 Å². The first-order valence-electron chi connectivity index (χ1n) is 9.60. The third-order valence-electron chi connectivity index (χ3n) is 4.81. The van der Waals surface area contributed by atoms with E-state index >= 15 is 0 Å². The van der Waals surface area contributed by atoms with Crippen molar-refractivity contribution in [2.45, 2.75) is 5.92 Å². The smallest absolute Gasteiger partial charge is 0.241 e. The second-order valence-electron chi connectivity index (χ2n) is 6.90. The largest absolute Gasteiger partial charge is 0.497 e. The molecular formula is C23H19FN4O4. The summed E-state index contributed by atoms with van der Waals surface area (Å²) in [4.78, 5) is 31.9. The average Bonchev–Trinajstić information content (AvgIpc) is 3.25. The number of H-pyrrole nitrogens is 1. The topological polar surface area (TPSA) is 119 Å². The third-order valence-corrected chi connectivity index (χ3v) is 4.81. The summed E-state index contributed by atoms with van der Waals surface area (Å²) >= 11 is 0. The molecule has 162 valence electrons. The molecule has 4 rings (SSSR count). The summed E-state index contributed by atoms with van der Waals surface area (Å²) in [6.45, 7) is 0. The van der Waals surface area contributed by atoms with Crippen LogP contribution in [-0.2, 0) is 9.59 Å². The lowest BCUT2D eigenvalue weighted by Crippen LogP contribution is -2.32. The van der Waals surface area contributed by atoms with E-state index < -0.39 is 23.5 Å². The molecule has 0 saturated carbocycles. The van der Waals surface area contributed by atoms with Gasteiger partial charge < -0.3 is 25.5 Å². The van der Waals surface area contributed by atoms with E-state index in [2.05, 4.69) is 15.3 Å². The van der Waals surface area contributed by atoms with Crippen molar-refractivity contribution in [1.29, 1.82) is 0 Å². The van der Waals surface area contributed by atoms with E-state index in [9.17, 15) is 14.0 Å². The molecule has 1 atom stereocenters. The highest BCUT2D eigenvalue weighted by Gasteiger charge is 2.28. The van der Waals surface area contributed by atoms with Gasteiger partial charge in [-0.2, -0.15) is 0 Å². The molecule has 2 amide bonds. The van der Waals surface area contributed by atoms with Crippen LogP contribution in [0.4, 0.5) is 10.1 Å². The number of pyridine rings is 1. The maximum Gasteiger partial charge on any atom is 0.241 e. The van der Waals surface area contributed by atoms with E-state index in [0.29, 0.717) is 28.2 Å². The summed E-state index contributed by atoms with van der Waals surface area (Å²) < 4.78 is 25.6. The Morgan fingerprint density at radius 1 is 1.12 bits per heavy atom. The predicted octanol–water partition coefficient (Wildman–Crippen LogP) is 3.71. The highest BCUT2D eigenvalue weighted by Crippen LogP contribution is 2.32. The Morgan fingerprint density at radius 2 is 1.97 bits per heavy atom. The van der Waals surface area contributed by atoms with E-state index in [0.717, 1.165) is 6.07 Å². The van der Waals surface area contributed by atoms with Crippen LogP contribution in [0.2, 0.25) is 0 Å². The first-order valence-corrected chi connectivity index (χ1v) is 9.60. The summed E-state index contributed by atoms with van der Waals surface area (Å²) in [5.41, 5.74) is 6.56. The molecule has 0 bridgehead atoms. The first-order chi connectivity index (χ1) is 15.5. The number of anilines is 1. The number of carbonyl (C=O) groups excluding carboxylic acids is 2. The minimum Gasteiger partial charge on any atom is -0.497 e. The number of hydrogen-bond donors (Lipinski definition) is 3. The monoisotopic (exact) mass is 434 g/mol. The number of nitrogens with two attached hydrogens (primary N) is 1. The molecule has 9 heteroatoms. The van der Waals surface area contributed by atoms with E-state index in [1.54, 1.807) is 42.6 Å². The van der Waals surface area contributed by atoms with Crippen molar-refractivity contribution < 1.29 is 23.5 Å². The molecule has 0 saturated heterocycles. The van der Waals surface area contributed by atoms with Crippen LogP contribution < -0.4 is 20.5 Å². The molecule has 0 spiro atoms. The van der Waals surface area contributed by atoms with Crippen molar-refractivity contribution in [1.82, 2.24) is 9.97 Å². The van der Waals surface area contributed by atoms with Crippen LogP contribution >= 0.6 is 0 Å². The molecule has 1 unspecified atom stereocenters. The number of methoxy groups -OCH3 is 1. The zero-order valence-electron chi connectivity index (χ0n) is 17.0. The molecule has 2 aromatic heterocycles. The lowest BCUT2D eigenvalue weighted by molar-refractivity contribution is -0.127. The first kappa shape index (κ1) is 20.9. The van der Waals surface area contributed by atoms with Crippen LogP contribution in [-0.4, -0.2) is 28.9 Å². The number of carbonyl (C=O) groups is 2. The van der Waals surface area contributed by atoms with Gasteiger partial charge in [0.05, 0.1) is 12.5 Å². The molecule has 0 fully saturated rings. The van der Waals surface area contributed by atoms with Crippen LogP contribution in [0.5, 0.6) is 17.2 Å². The van der Waals surface area contributed by atoms with Gasteiger partial charge in [0.15, 0.2) is 11.6 Å². The number of amides is 2. The molecule has 0 aliphatic carbocycles. The summed E-state index contributed by atoms with van der Waals surface area (Å²) in [5, 5.41) is 3.29. The van der Waals surface area contributed by atoms with Gasteiger partial charge in [0.2, 0.25) is 11.8 Å². The lowest BCUT2D eigenvalue weighted by Gasteiger charge is -2.16. The van der Waals surface area contributed by atoms with Gasteiger partial charge in [-0.25, -0.2) is 9.37 Å². The fourth-order valence-corrected chi connectivity index (χ4v) is 3.28. The number of aromatic amines is 1. The van der Waals surface area contributed by atoms with Crippen molar-refractivity contribution in [3.05, 3.63) is 78.4 Å². The average molecular weight is 434 g/mol. The number of primary amides is 1. The van der Waals surface area contributed by atoms with E-state index in [1.165, 1.54) is 25.4 Å². The number of nitrogens with one attached hydrogen (secondary N) is 2. The Labute approximate surface area is 182 Å². The number of ether oxygens (including phenoxy) is 2. The van der Waals surface area contributed by atoms with Crippen LogP contribution in [0.15, 0.2) is 67.0 Å². The number of halogens is 1. The molecule has 32 heavy (non-hydrogen) atoms. The van der Waals surface area contributed by atoms with Crippen molar-refractivity contribution in [2.75, 3.05) is 12.4 Å². The van der Waals surface area contributed by atoms with Crippen molar-refractivity contribution in [2.24, 2.45) is 5.73 Å². The number of hydrogen-bond acceptors (Lipinski definition) is 5. The summed E-state index contributed by atoms with van der Waals surface area (Å²) in [6.07, 6.45) is 3.23. The Hall–Kier alpha value is -4.40. The molecule has 2 heterocycles. The van der Waals surface area contributed by atoms with Crippen LogP contribution in [0, 0.1) is 5.82 Å². The minimum atomic E-state index is -1.40. The molecule has 2 aromatic carbocycles. The second-order valence-corrected chi connectivity index (χ2v) is 6.90. The van der Waals surface area contributed by atoms with Gasteiger partial charge in [0.25, 0.3) is 0 Å². The summed E-state index contributed by atoms with van der Waals surface area (Å²) in [7, 11) is 1.49. The number of aromatic nitrogens is 2. The normalized spacial score (nSPS) is 11.7. The Balaban J connectivity index is 1.58. The maximum atomic E-state index is 14.8. The number of fused-ring (bicyclic) bond motifs is 1. The van der Waals surface area contributed by atoms with E-state index in [1.807, 2.05) is 0 Å². The number of nitrogens with zero attached hydrogens (tertiary/aromatic N) is 1.